The van der Waals surface area contributed by atoms with E-state index in [-0.39, 0.29) is 18.2 Å². The highest BCUT2D eigenvalue weighted by Gasteiger charge is 2.39. The summed E-state index contributed by atoms with van der Waals surface area (Å²) in [5.74, 6) is -0.451. The molecule has 0 spiro atoms. The maximum atomic E-state index is 14.9. The number of aromatic nitrogens is 3. The monoisotopic (exact) mass is 456 g/mol. The van der Waals surface area contributed by atoms with Gasteiger partial charge in [-0.3, -0.25) is 14.6 Å². The van der Waals surface area contributed by atoms with Gasteiger partial charge in [0, 0.05) is 28.5 Å². The van der Waals surface area contributed by atoms with Gasteiger partial charge in [-0.2, -0.15) is 5.10 Å². The van der Waals surface area contributed by atoms with Crippen LogP contribution in [-0.4, -0.2) is 37.4 Å². The Morgan fingerprint density at radius 2 is 1.88 bits per heavy atom. The summed E-state index contributed by atoms with van der Waals surface area (Å²) in [6, 6.07) is 7.79. The number of carbonyl (C=O) groups excluding carboxylic acids is 1. The Labute approximate surface area is 192 Å². The number of pyridine rings is 1. The van der Waals surface area contributed by atoms with E-state index in [1.165, 1.54) is 6.07 Å². The largest absolute Gasteiger partial charge is 0.444 e. The molecule has 2 atom stereocenters. The average molecular weight is 457 g/mol. The molecular weight excluding hydrogens is 431 g/mol. The number of amides is 1. The number of fused-ring (bicyclic) bond motifs is 1. The van der Waals surface area contributed by atoms with E-state index in [2.05, 4.69) is 4.98 Å². The molecule has 0 radical (unpaired) electrons. The number of ether oxygens (including phenoxy) is 1. The Hall–Kier alpha value is -2.93. The molecule has 32 heavy (non-hydrogen) atoms. The minimum Gasteiger partial charge on any atom is -0.444 e. The molecular formula is C24H26ClFN4O2. The second kappa shape index (κ2) is 8.20. The molecule has 3 heterocycles. The molecule has 168 valence electrons. The van der Waals surface area contributed by atoms with Crippen molar-refractivity contribution in [3.05, 3.63) is 59.3 Å². The lowest BCUT2D eigenvalue weighted by Crippen LogP contribution is -2.49. The summed E-state index contributed by atoms with van der Waals surface area (Å²) in [4.78, 5) is 18.9. The number of benzene rings is 1. The summed E-state index contributed by atoms with van der Waals surface area (Å²) in [5, 5.41) is 5.11. The first kappa shape index (κ1) is 22.3. The van der Waals surface area contributed by atoms with E-state index in [9.17, 15) is 9.18 Å². The van der Waals surface area contributed by atoms with Crippen LogP contribution in [-0.2, 0) is 11.3 Å². The Bertz CT molecular complexity index is 1160. The molecule has 1 aliphatic heterocycles. The first-order valence-electron chi connectivity index (χ1n) is 10.5. The topological polar surface area (TPSA) is 60.2 Å². The summed E-state index contributed by atoms with van der Waals surface area (Å²) in [7, 11) is 0. The highest BCUT2D eigenvalue weighted by atomic mass is 35.5. The van der Waals surface area contributed by atoms with Crippen LogP contribution in [0.4, 0.5) is 9.18 Å². The molecule has 4 rings (SSSR count). The van der Waals surface area contributed by atoms with Crippen molar-refractivity contribution >= 4 is 17.7 Å². The van der Waals surface area contributed by atoms with Gasteiger partial charge in [0.2, 0.25) is 0 Å². The third-order valence-electron chi connectivity index (χ3n) is 5.48. The summed E-state index contributed by atoms with van der Waals surface area (Å²) in [5.41, 5.74) is 2.68. The van der Waals surface area contributed by atoms with Crippen LogP contribution < -0.4 is 0 Å². The van der Waals surface area contributed by atoms with Gasteiger partial charge >= 0.3 is 6.09 Å². The molecule has 0 saturated carbocycles. The van der Waals surface area contributed by atoms with Gasteiger partial charge in [-0.15, -0.1) is 0 Å². The van der Waals surface area contributed by atoms with E-state index < -0.39 is 11.4 Å². The Morgan fingerprint density at radius 3 is 2.50 bits per heavy atom. The fourth-order valence-corrected chi connectivity index (χ4v) is 4.38. The molecule has 1 amide bonds. The quantitative estimate of drug-likeness (QED) is 0.467. The molecule has 1 aromatic carbocycles. The Kier molecular flexibility index (Phi) is 5.71. The van der Waals surface area contributed by atoms with Crippen molar-refractivity contribution in [1.29, 1.82) is 0 Å². The van der Waals surface area contributed by atoms with Gasteiger partial charge in [-0.1, -0.05) is 11.6 Å². The van der Waals surface area contributed by atoms with Crippen LogP contribution in [0.15, 0.2) is 42.7 Å². The van der Waals surface area contributed by atoms with Crippen molar-refractivity contribution in [1.82, 2.24) is 19.7 Å². The maximum absolute atomic E-state index is 14.9. The van der Waals surface area contributed by atoms with Gasteiger partial charge in [0.1, 0.15) is 17.1 Å². The smallest absolute Gasteiger partial charge is 0.411 e. The lowest BCUT2D eigenvalue weighted by Gasteiger charge is -2.40. The van der Waals surface area contributed by atoms with Crippen LogP contribution in [0.25, 0.3) is 22.4 Å². The summed E-state index contributed by atoms with van der Waals surface area (Å²) in [6.45, 7) is 9.90. The lowest BCUT2D eigenvalue weighted by molar-refractivity contribution is -0.000198. The SMILES string of the molecule is CC1c2c(-c3ccncc3)c(-c3ccc(Cl)cc3F)nn2C[C@H](C)N1C(=O)OC(C)(C)C. The minimum atomic E-state index is -0.611. The fraction of sp³-hybridized carbons (Fsp3) is 0.375. The van der Waals surface area contributed by atoms with Crippen molar-refractivity contribution in [3.8, 4) is 22.4 Å². The summed E-state index contributed by atoms with van der Waals surface area (Å²) in [6.07, 6.45) is 2.98. The molecule has 2 aromatic heterocycles. The van der Waals surface area contributed by atoms with Crippen LogP contribution in [0, 0.1) is 5.82 Å². The molecule has 8 heteroatoms. The minimum absolute atomic E-state index is 0.152. The third-order valence-corrected chi connectivity index (χ3v) is 5.71. The maximum Gasteiger partial charge on any atom is 0.411 e. The van der Waals surface area contributed by atoms with Crippen LogP contribution in [0.5, 0.6) is 0 Å². The normalized spacial score (nSPS) is 18.4. The van der Waals surface area contributed by atoms with Crippen LogP contribution in [0.1, 0.15) is 46.4 Å². The average Bonchev–Trinajstić information content (AvgIpc) is 3.06. The van der Waals surface area contributed by atoms with Crippen molar-refractivity contribution in [3.63, 3.8) is 0 Å². The molecule has 0 bridgehead atoms. The second-order valence-corrected chi connectivity index (χ2v) is 9.50. The van der Waals surface area contributed by atoms with Gasteiger partial charge in [0.25, 0.3) is 0 Å². The molecule has 0 N–H and O–H groups in total. The zero-order chi connectivity index (χ0) is 23.2. The molecule has 1 aliphatic rings. The van der Waals surface area contributed by atoms with E-state index in [1.807, 2.05) is 51.4 Å². The van der Waals surface area contributed by atoms with Gasteiger partial charge in [0.15, 0.2) is 0 Å². The van der Waals surface area contributed by atoms with E-state index in [0.29, 0.717) is 22.8 Å². The molecule has 6 nitrogen and oxygen atoms in total. The Balaban J connectivity index is 1.90. The van der Waals surface area contributed by atoms with E-state index in [1.54, 1.807) is 29.4 Å². The Morgan fingerprint density at radius 1 is 1.19 bits per heavy atom. The molecule has 1 unspecified atom stereocenters. The van der Waals surface area contributed by atoms with Gasteiger partial charge in [0.05, 0.1) is 24.3 Å². The van der Waals surface area contributed by atoms with E-state index in [4.69, 9.17) is 21.4 Å². The van der Waals surface area contributed by atoms with E-state index in [0.717, 1.165) is 16.8 Å². The summed E-state index contributed by atoms with van der Waals surface area (Å²) < 4.78 is 22.5. The highest BCUT2D eigenvalue weighted by molar-refractivity contribution is 6.30. The van der Waals surface area contributed by atoms with Gasteiger partial charge < -0.3 is 4.74 Å². The zero-order valence-electron chi connectivity index (χ0n) is 18.8. The number of hydrogen-bond acceptors (Lipinski definition) is 4. The molecule has 3 aromatic rings. The third kappa shape index (κ3) is 4.09. The van der Waals surface area contributed by atoms with Gasteiger partial charge in [-0.25, -0.2) is 9.18 Å². The van der Waals surface area contributed by atoms with Crippen LogP contribution in [0.3, 0.4) is 0 Å². The van der Waals surface area contributed by atoms with Gasteiger partial charge in [-0.05, 0) is 70.5 Å². The molecule has 0 saturated heterocycles. The van der Waals surface area contributed by atoms with E-state index >= 15 is 0 Å². The van der Waals surface area contributed by atoms with Crippen molar-refractivity contribution in [2.75, 3.05) is 0 Å². The van der Waals surface area contributed by atoms with Crippen molar-refractivity contribution in [2.45, 2.75) is 58.8 Å². The molecule has 0 aliphatic carbocycles. The predicted molar refractivity (Wildman–Crippen MR) is 122 cm³/mol. The predicted octanol–water partition coefficient (Wildman–Crippen LogP) is 6.10. The fourth-order valence-electron chi connectivity index (χ4n) is 4.22. The number of carbonyl (C=O) groups is 1. The number of rotatable bonds is 2. The highest BCUT2D eigenvalue weighted by Crippen LogP contribution is 2.43. The van der Waals surface area contributed by atoms with Crippen LogP contribution in [0.2, 0.25) is 5.02 Å². The summed E-state index contributed by atoms with van der Waals surface area (Å²) >= 11 is 5.98. The number of nitrogens with zero attached hydrogens (tertiary/aromatic N) is 4. The first-order chi connectivity index (χ1) is 15.1. The van der Waals surface area contributed by atoms with Crippen LogP contribution >= 0.6 is 11.6 Å². The lowest BCUT2D eigenvalue weighted by atomic mass is 9.95. The zero-order valence-corrected chi connectivity index (χ0v) is 19.5. The number of hydrogen-bond donors (Lipinski definition) is 0. The first-order valence-corrected chi connectivity index (χ1v) is 10.9. The number of halogens is 2. The second-order valence-electron chi connectivity index (χ2n) is 9.06. The standard InChI is InChI=1S/C24H26ClFN4O2/c1-14-13-29-22(15(2)30(14)23(31)32-24(3,4)5)20(16-8-10-27-11-9-16)21(28-29)18-7-6-17(25)12-19(18)26/h6-12,14-15H,13H2,1-5H3/t14-,15?/m0/s1. The van der Waals surface area contributed by atoms with Crippen molar-refractivity contribution < 1.29 is 13.9 Å². The van der Waals surface area contributed by atoms with Crippen molar-refractivity contribution in [2.24, 2.45) is 0 Å². The molecule has 0 fully saturated rings.